The van der Waals surface area contributed by atoms with Crippen LogP contribution in [0.1, 0.15) is 15.9 Å². The molecule has 0 atom stereocenters. The molecular formula is C9H12N2O3. The number of nitrogens with one attached hydrogen (secondary N) is 1. The number of methoxy groups -OCH3 is 1. The maximum absolute atomic E-state index is 11.2. The van der Waals surface area contributed by atoms with Crippen LogP contribution in [0.2, 0.25) is 0 Å². The highest BCUT2D eigenvalue weighted by Gasteiger charge is 2.11. The predicted octanol–water partition coefficient (Wildman–Crippen LogP) is 0.142. The van der Waals surface area contributed by atoms with E-state index in [4.69, 9.17) is 5.84 Å². The molecule has 0 amide bonds. The third-order valence-electron chi connectivity index (χ3n) is 1.77. The van der Waals surface area contributed by atoms with Gasteiger partial charge < -0.3 is 9.84 Å². The third-order valence-corrected chi connectivity index (χ3v) is 1.77. The van der Waals surface area contributed by atoms with Gasteiger partial charge in [0.15, 0.2) is 0 Å². The van der Waals surface area contributed by atoms with Gasteiger partial charge in [-0.3, -0.25) is 11.3 Å². The zero-order valence-corrected chi connectivity index (χ0v) is 7.78. The van der Waals surface area contributed by atoms with Crippen LogP contribution in [0.5, 0.6) is 5.75 Å². The molecule has 0 aliphatic rings. The van der Waals surface area contributed by atoms with Crippen molar-refractivity contribution >= 4 is 5.97 Å². The fraction of sp³-hybridized carbons (Fsp3) is 0.222. The lowest BCUT2D eigenvalue weighted by Crippen LogP contribution is -2.21. The number of aromatic hydroxyl groups is 1. The van der Waals surface area contributed by atoms with E-state index in [-0.39, 0.29) is 11.3 Å². The van der Waals surface area contributed by atoms with Gasteiger partial charge >= 0.3 is 5.97 Å². The number of esters is 1. The number of ether oxygens (including phenoxy) is 1. The topological polar surface area (TPSA) is 84.6 Å². The van der Waals surface area contributed by atoms with E-state index in [1.54, 1.807) is 6.07 Å². The number of phenolic OH excluding ortho intramolecular Hbond substituents is 1. The van der Waals surface area contributed by atoms with E-state index in [0.717, 1.165) is 5.56 Å². The van der Waals surface area contributed by atoms with Crippen LogP contribution in [-0.4, -0.2) is 18.2 Å². The molecule has 0 heterocycles. The number of benzene rings is 1. The molecule has 0 saturated heterocycles. The number of hydrogen-bond donors (Lipinski definition) is 3. The minimum Gasteiger partial charge on any atom is -0.507 e. The van der Waals surface area contributed by atoms with Crippen LogP contribution in [0.15, 0.2) is 18.2 Å². The molecule has 0 aliphatic heterocycles. The second-order valence-electron chi connectivity index (χ2n) is 2.72. The molecule has 1 aromatic carbocycles. The molecule has 0 aliphatic carbocycles. The number of rotatable bonds is 3. The van der Waals surface area contributed by atoms with Crippen molar-refractivity contribution in [3.8, 4) is 5.75 Å². The van der Waals surface area contributed by atoms with E-state index in [0.29, 0.717) is 6.54 Å². The monoisotopic (exact) mass is 196 g/mol. The van der Waals surface area contributed by atoms with E-state index in [2.05, 4.69) is 10.2 Å². The SMILES string of the molecule is COC(=O)c1cc(CNN)ccc1O. The van der Waals surface area contributed by atoms with Gasteiger partial charge in [-0.15, -0.1) is 0 Å². The Balaban J connectivity index is 3.01. The second kappa shape index (κ2) is 4.59. The van der Waals surface area contributed by atoms with Crippen LogP contribution in [0.3, 0.4) is 0 Å². The first-order valence-corrected chi connectivity index (χ1v) is 4.02. The minimum absolute atomic E-state index is 0.0994. The lowest BCUT2D eigenvalue weighted by atomic mass is 10.1. The Morgan fingerprint density at radius 1 is 1.64 bits per heavy atom. The van der Waals surface area contributed by atoms with Crippen LogP contribution in [-0.2, 0) is 11.3 Å². The average Bonchev–Trinajstić information content (AvgIpc) is 2.20. The van der Waals surface area contributed by atoms with Gasteiger partial charge in [-0.1, -0.05) is 6.07 Å². The normalized spacial score (nSPS) is 9.86. The summed E-state index contributed by atoms with van der Waals surface area (Å²) < 4.78 is 4.50. The summed E-state index contributed by atoms with van der Waals surface area (Å²) in [4.78, 5) is 11.2. The van der Waals surface area contributed by atoms with Gasteiger partial charge in [0.25, 0.3) is 0 Å². The number of nitrogens with two attached hydrogens (primary N) is 1. The van der Waals surface area contributed by atoms with Gasteiger partial charge in [0, 0.05) is 6.54 Å². The van der Waals surface area contributed by atoms with Gasteiger partial charge in [0.05, 0.1) is 7.11 Å². The first-order valence-electron chi connectivity index (χ1n) is 4.02. The molecule has 0 fully saturated rings. The largest absolute Gasteiger partial charge is 0.507 e. The van der Waals surface area contributed by atoms with Crippen molar-refractivity contribution in [2.24, 2.45) is 5.84 Å². The Bertz CT molecular complexity index is 339. The van der Waals surface area contributed by atoms with E-state index in [9.17, 15) is 9.90 Å². The molecule has 0 radical (unpaired) electrons. The molecule has 76 valence electrons. The molecule has 1 rings (SSSR count). The number of hydrazine groups is 1. The predicted molar refractivity (Wildman–Crippen MR) is 50.5 cm³/mol. The van der Waals surface area contributed by atoms with Gasteiger partial charge in [-0.25, -0.2) is 4.79 Å². The molecule has 4 N–H and O–H groups in total. The maximum atomic E-state index is 11.2. The van der Waals surface area contributed by atoms with Gasteiger partial charge in [-0.05, 0) is 17.7 Å². The third kappa shape index (κ3) is 2.21. The molecule has 0 aromatic heterocycles. The summed E-state index contributed by atoms with van der Waals surface area (Å²) in [5, 5.41) is 9.35. The van der Waals surface area contributed by atoms with Crippen molar-refractivity contribution in [1.29, 1.82) is 0 Å². The zero-order chi connectivity index (χ0) is 10.6. The first-order chi connectivity index (χ1) is 6.69. The lowest BCUT2D eigenvalue weighted by Gasteiger charge is -2.05. The molecule has 5 nitrogen and oxygen atoms in total. The summed E-state index contributed by atoms with van der Waals surface area (Å²) in [5.74, 6) is 4.46. The highest BCUT2D eigenvalue weighted by atomic mass is 16.5. The Hall–Kier alpha value is -1.59. The standard InChI is InChI=1S/C9H12N2O3/c1-14-9(13)7-4-6(5-11-10)2-3-8(7)12/h2-4,11-12H,5,10H2,1H3. The van der Waals surface area contributed by atoms with Crippen molar-refractivity contribution < 1.29 is 14.6 Å². The fourth-order valence-electron chi connectivity index (χ4n) is 1.08. The second-order valence-corrected chi connectivity index (χ2v) is 2.72. The van der Waals surface area contributed by atoms with Crippen molar-refractivity contribution in [3.63, 3.8) is 0 Å². The smallest absolute Gasteiger partial charge is 0.341 e. The van der Waals surface area contributed by atoms with E-state index < -0.39 is 5.97 Å². The van der Waals surface area contributed by atoms with Crippen LogP contribution < -0.4 is 11.3 Å². The highest BCUT2D eigenvalue weighted by Crippen LogP contribution is 2.19. The summed E-state index contributed by atoms with van der Waals surface area (Å²) in [6, 6.07) is 4.63. The minimum atomic E-state index is -0.568. The number of hydrogen-bond acceptors (Lipinski definition) is 5. The van der Waals surface area contributed by atoms with Gasteiger partial charge in [0.1, 0.15) is 11.3 Å². The summed E-state index contributed by atoms with van der Waals surface area (Å²) >= 11 is 0. The Labute approximate surface area is 81.5 Å². The Morgan fingerprint density at radius 2 is 2.36 bits per heavy atom. The van der Waals surface area contributed by atoms with Crippen LogP contribution in [0.4, 0.5) is 0 Å². The molecule has 1 aromatic rings. The molecule has 0 bridgehead atoms. The summed E-state index contributed by atoms with van der Waals surface area (Å²) in [6.45, 7) is 0.421. The first kappa shape index (κ1) is 10.5. The fourth-order valence-corrected chi connectivity index (χ4v) is 1.08. The van der Waals surface area contributed by atoms with Crippen LogP contribution >= 0.6 is 0 Å². The van der Waals surface area contributed by atoms with Gasteiger partial charge in [0.2, 0.25) is 0 Å². The van der Waals surface area contributed by atoms with Crippen molar-refractivity contribution in [2.75, 3.05) is 7.11 Å². The number of phenols is 1. The van der Waals surface area contributed by atoms with Crippen LogP contribution in [0.25, 0.3) is 0 Å². The van der Waals surface area contributed by atoms with E-state index in [1.807, 2.05) is 0 Å². The molecule has 0 saturated carbocycles. The lowest BCUT2D eigenvalue weighted by molar-refractivity contribution is 0.0597. The molecular weight excluding hydrogens is 184 g/mol. The number of carbonyl (C=O) groups is 1. The number of carbonyl (C=O) groups excluding carboxylic acids is 1. The van der Waals surface area contributed by atoms with Crippen molar-refractivity contribution in [1.82, 2.24) is 5.43 Å². The zero-order valence-electron chi connectivity index (χ0n) is 7.78. The van der Waals surface area contributed by atoms with Gasteiger partial charge in [-0.2, -0.15) is 0 Å². The summed E-state index contributed by atoms with van der Waals surface area (Å²) in [5.41, 5.74) is 3.39. The van der Waals surface area contributed by atoms with E-state index in [1.165, 1.54) is 19.2 Å². The molecule has 0 unspecified atom stereocenters. The van der Waals surface area contributed by atoms with Crippen molar-refractivity contribution in [2.45, 2.75) is 6.54 Å². The Kier molecular flexibility index (Phi) is 3.44. The summed E-state index contributed by atoms with van der Waals surface area (Å²) in [6.07, 6.45) is 0. The molecule has 14 heavy (non-hydrogen) atoms. The summed E-state index contributed by atoms with van der Waals surface area (Å²) in [7, 11) is 1.26. The molecule has 0 spiro atoms. The maximum Gasteiger partial charge on any atom is 0.341 e. The van der Waals surface area contributed by atoms with Crippen LogP contribution in [0, 0.1) is 0 Å². The Morgan fingerprint density at radius 3 is 2.93 bits per heavy atom. The average molecular weight is 196 g/mol. The van der Waals surface area contributed by atoms with E-state index >= 15 is 0 Å². The molecule has 5 heteroatoms. The highest BCUT2D eigenvalue weighted by molar-refractivity contribution is 5.92. The quantitative estimate of drug-likeness (QED) is 0.364. The van der Waals surface area contributed by atoms with Crippen molar-refractivity contribution in [3.05, 3.63) is 29.3 Å².